The molecule has 2 radical (unpaired) electrons. The van der Waals surface area contributed by atoms with E-state index in [1.54, 1.807) is 11.3 Å². The van der Waals surface area contributed by atoms with Gasteiger partial charge in [-0.3, -0.25) is 4.98 Å². The van der Waals surface area contributed by atoms with E-state index < -0.39 is 0 Å². The molecule has 0 aliphatic heterocycles. The maximum atomic E-state index is 6.11. The third-order valence-corrected chi connectivity index (χ3v) is 5.30. The Morgan fingerprint density at radius 2 is 1.87 bits per heavy atom. The van der Waals surface area contributed by atoms with Crippen LogP contribution in [0.3, 0.4) is 0 Å². The van der Waals surface area contributed by atoms with E-state index >= 15 is 0 Å². The fourth-order valence-electron chi connectivity index (χ4n) is 3.18. The minimum absolute atomic E-state index is 0.495. The van der Waals surface area contributed by atoms with E-state index in [0.29, 0.717) is 11.5 Å². The number of aromatic nitrogens is 4. The lowest BCUT2D eigenvalue weighted by atomic mass is 9.95. The SMILES string of the molecule is [B]c1nc(C)sc1-c1c(C)nc2c(C(CC)CC)cc(C)nn12. The van der Waals surface area contributed by atoms with Crippen LogP contribution < -0.4 is 5.59 Å². The van der Waals surface area contributed by atoms with E-state index in [1.165, 1.54) is 5.56 Å². The molecule has 0 aliphatic rings. The first kappa shape index (κ1) is 16.2. The van der Waals surface area contributed by atoms with Crippen molar-refractivity contribution in [1.82, 2.24) is 19.6 Å². The predicted octanol–water partition coefficient (Wildman–Crippen LogP) is 3.48. The number of hydrogen-bond acceptors (Lipinski definition) is 4. The number of fused-ring (bicyclic) bond motifs is 1. The first-order valence-corrected chi connectivity index (χ1v) is 8.88. The Hall–Kier alpha value is -1.69. The van der Waals surface area contributed by atoms with Crippen molar-refractivity contribution in [2.45, 2.75) is 53.4 Å². The fraction of sp³-hybridized carbons (Fsp3) is 0.471. The topological polar surface area (TPSA) is 43.1 Å². The number of imidazole rings is 1. The second-order valence-electron chi connectivity index (χ2n) is 5.98. The average Bonchev–Trinajstić information content (AvgIpc) is 2.98. The highest BCUT2D eigenvalue weighted by molar-refractivity contribution is 7.16. The van der Waals surface area contributed by atoms with Crippen molar-refractivity contribution in [2.24, 2.45) is 0 Å². The lowest BCUT2D eigenvalue weighted by molar-refractivity contribution is 0.638. The van der Waals surface area contributed by atoms with E-state index in [1.807, 2.05) is 25.3 Å². The Morgan fingerprint density at radius 3 is 2.43 bits per heavy atom. The van der Waals surface area contributed by atoms with Crippen LogP contribution in [0.1, 0.15) is 54.6 Å². The number of hydrogen-bond donors (Lipinski definition) is 0. The molecule has 0 unspecified atom stereocenters. The maximum absolute atomic E-state index is 6.11. The van der Waals surface area contributed by atoms with Gasteiger partial charge in [-0.05, 0) is 45.6 Å². The molecule has 0 saturated carbocycles. The molecule has 0 spiro atoms. The minimum Gasteiger partial charge on any atom is -0.257 e. The van der Waals surface area contributed by atoms with Crippen LogP contribution >= 0.6 is 11.3 Å². The van der Waals surface area contributed by atoms with Gasteiger partial charge >= 0.3 is 0 Å². The molecule has 0 bridgehead atoms. The van der Waals surface area contributed by atoms with Crippen LogP contribution in [0, 0.1) is 20.8 Å². The molecule has 0 aromatic carbocycles. The molecule has 0 amide bonds. The highest BCUT2D eigenvalue weighted by Gasteiger charge is 2.21. The van der Waals surface area contributed by atoms with Crippen LogP contribution in [0.4, 0.5) is 0 Å². The van der Waals surface area contributed by atoms with E-state index in [-0.39, 0.29) is 0 Å². The summed E-state index contributed by atoms with van der Waals surface area (Å²) in [7, 11) is 6.11. The molecule has 3 aromatic rings. The van der Waals surface area contributed by atoms with Gasteiger partial charge in [0.1, 0.15) is 13.5 Å². The summed E-state index contributed by atoms with van der Waals surface area (Å²) in [6.07, 6.45) is 2.19. The number of nitrogens with zero attached hydrogens (tertiary/aromatic N) is 4. The van der Waals surface area contributed by atoms with Gasteiger partial charge in [0.15, 0.2) is 5.65 Å². The summed E-state index contributed by atoms with van der Waals surface area (Å²) in [5, 5.41) is 5.67. The quantitative estimate of drug-likeness (QED) is 0.690. The molecule has 23 heavy (non-hydrogen) atoms. The van der Waals surface area contributed by atoms with E-state index in [9.17, 15) is 0 Å². The Balaban J connectivity index is 2.33. The molecular formula is C17H21BN4S. The van der Waals surface area contributed by atoms with Crippen LogP contribution in [0.25, 0.3) is 16.2 Å². The van der Waals surface area contributed by atoms with Crippen molar-refractivity contribution in [1.29, 1.82) is 0 Å². The summed E-state index contributed by atoms with van der Waals surface area (Å²) in [5.74, 6) is 0.495. The fourth-order valence-corrected chi connectivity index (χ4v) is 4.10. The number of aryl methyl sites for hydroxylation is 3. The molecule has 0 aliphatic carbocycles. The first-order valence-electron chi connectivity index (χ1n) is 8.06. The third kappa shape index (κ3) is 2.69. The van der Waals surface area contributed by atoms with Gasteiger partial charge in [0.05, 0.1) is 21.3 Å². The van der Waals surface area contributed by atoms with Crippen molar-refractivity contribution in [3.63, 3.8) is 0 Å². The summed E-state index contributed by atoms with van der Waals surface area (Å²) in [6, 6.07) is 2.17. The third-order valence-electron chi connectivity index (χ3n) is 4.31. The summed E-state index contributed by atoms with van der Waals surface area (Å²) >= 11 is 1.60. The Bertz CT molecular complexity index is 861. The van der Waals surface area contributed by atoms with Gasteiger partial charge in [0.25, 0.3) is 0 Å². The highest BCUT2D eigenvalue weighted by Crippen LogP contribution is 2.32. The van der Waals surface area contributed by atoms with Crippen LogP contribution in [0.15, 0.2) is 6.07 Å². The molecule has 3 heterocycles. The van der Waals surface area contributed by atoms with E-state index in [4.69, 9.17) is 17.9 Å². The zero-order chi connectivity index (χ0) is 16.7. The summed E-state index contributed by atoms with van der Waals surface area (Å²) < 4.78 is 1.96. The summed E-state index contributed by atoms with van der Waals surface area (Å²) in [4.78, 5) is 10.1. The second kappa shape index (κ2) is 6.08. The molecule has 6 heteroatoms. The maximum Gasteiger partial charge on any atom is 0.158 e. The Labute approximate surface area is 142 Å². The van der Waals surface area contributed by atoms with E-state index in [0.717, 1.165) is 45.5 Å². The lowest BCUT2D eigenvalue weighted by Gasteiger charge is -2.14. The molecule has 3 rings (SSSR count). The highest BCUT2D eigenvalue weighted by atomic mass is 32.1. The molecular weight excluding hydrogens is 303 g/mol. The second-order valence-corrected chi connectivity index (χ2v) is 7.19. The van der Waals surface area contributed by atoms with Crippen molar-refractivity contribution in [2.75, 3.05) is 0 Å². The van der Waals surface area contributed by atoms with Gasteiger partial charge in [-0.1, -0.05) is 13.8 Å². The van der Waals surface area contributed by atoms with Crippen molar-refractivity contribution in [3.8, 4) is 10.6 Å². The molecule has 0 fully saturated rings. The molecule has 0 N–H and O–H groups in total. The van der Waals surface area contributed by atoms with Crippen molar-refractivity contribution < 1.29 is 0 Å². The van der Waals surface area contributed by atoms with Gasteiger partial charge < -0.3 is 0 Å². The van der Waals surface area contributed by atoms with Crippen LogP contribution in [-0.2, 0) is 0 Å². The predicted molar refractivity (Wildman–Crippen MR) is 97.0 cm³/mol. The molecule has 118 valence electrons. The Kier molecular flexibility index (Phi) is 4.28. The van der Waals surface area contributed by atoms with E-state index in [2.05, 4.69) is 24.9 Å². The normalized spacial score (nSPS) is 11.7. The monoisotopic (exact) mass is 324 g/mol. The minimum atomic E-state index is 0.495. The van der Waals surface area contributed by atoms with Crippen LogP contribution in [0.2, 0.25) is 0 Å². The average molecular weight is 324 g/mol. The van der Waals surface area contributed by atoms with Crippen molar-refractivity contribution in [3.05, 3.63) is 28.0 Å². The molecule has 0 saturated heterocycles. The zero-order valence-electron chi connectivity index (χ0n) is 14.3. The standard InChI is InChI=1S/C17H21BN4S/c1-6-12(7-2)13-8-9(3)21-22-14(10(4)19-17(13)22)15-16(18)20-11(5)23-15/h8,12H,6-7H2,1-5H3. The van der Waals surface area contributed by atoms with Gasteiger partial charge in [-0.25, -0.2) is 9.50 Å². The Morgan fingerprint density at radius 1 is 1.17 bits per heavy atom. The lowest BCUT2D eigenvalue weighted by Crippen LogP contribution is -2.09. The zero-order valence-corrected chi connectivity index (χ0v) is 15.2. The van der Waals surface area contributed by atoms with Gasteiger partial charge in [-0.2, -0.15) is 5.10 Å². The first-order chi connectivity index (χ1) is 11.0. The van der Waals surface area contributed by atoms with Gasteiger partial charge in [-0.15, -0.1) is 11.3 Å². The van der Waals surface area contributed by atoms with Gasteiger partial charge in [0, 0.05) is 11.2 Å². The summed E-state index contributed by atoms with van der Waals surface area (Å²) in [6.45, 7) is 10.5. The molecule has 0 atom stereocenters. The smallest absolute Gasteiger partial charge is 0.158 e. The van der Waals surface area contributed by atoms with Gasteiger partial charge in [0.2, 0.25) is 0 Å². The molecule has 3 aromatic heterocycles. The summed E-state index contributed by atoms with van der Waals surface area (Å²) in [5.41, 5.74) is 5.70. The number of rotatable bonds is 4. The number of thiazole rings is 1. The molecule has 4 nitrogen and oxygen atoms in total. The van der Waals surface area contributed by atoms with Crippen LogP contribution in [0.5, 0.6) is 0 Å². The largest absolute Gasteiger partial charge is 0.257 e. The van der Waals surface area contributed by atoms with Crippen molar-refractivity contribution >= 4 is 30.4 Å². The van der Waals surface area contributed by atoms with Crippen LogP contribution in [-0.4, -0.2) is 27.4 Å².